The van der Waals surface area contributed by atoms with Gasteiger partial charge < -0.3 is 25.6 Å². The van der Waals surface area contributed by atoms with Crippen molar-refractivity contribution >= 4 is 0 Å². The van der Waals surface area contributed by atoms with Crippen LogP contribution in [0.5, 0.6) is 5.75 Å². The molecule has 0 fully saturated rings. The lowest BCUT2D eigenvalue weighted by molar-refractivity contribution is 0.0707. The monoisotopic (exact) mass is 254 g/mol. The first-order chi connectivity index (χ1) is 8.67. The minimum Gasteiger partial charge on any atom is -0.491 e. The second kappa shape index (κ2) is 8.05. The number of nitrogens with zero attached hydrogens (tertiary/aromatic N) is 1. The van der Waals surface area contributed by atoms with Crippen LogP contribution in [-0.2, 0) is 6.54 Å². The summed E-state index contributed by atoms with van der Waals surface area (Å²) in [5, 5.41) is 18.5. The first kappa shape index (κ1) is 14.9. The molecule has 0 heterocycles. The zero-order valence-electron chi connectivity index (χ0n) is 10.7. The standard InChI is InChI=1S/C13H22N2O3/c1-15(6-7-16)9-12(17)10-18-13-5-3-2-4-11(13)8-14/h2-5,12,16-17H,6-10,14H2,1H3. The second-order valence-electron chi connectivity index (χ2n) is 4.26. The van der Waals surface area contributed by atoms with Crippen molar-refractivity contribution in [1.29, 1.82) is 0 Å². The summed E-state index contributed by atoms with van der Waals surface area (Å²) in [5.41, 5.74) is 6.52. The number of likely N-dealkylation sites (N-methyl/N-ethyl adjacent to an activating group) is 1. The van der Waals surface area contributed by atoms with Crippen LogP contribution in [-0.4, -0.2) is 54.6 Å². The van der Waals surface area contributed by atoms with Crippen LogP contribution in [0.15, 0.2) is 24.3 Å². The van der Waals surface area contributed by atoms with E-state index in [1.807, 2.05) is 36.2 Å². The molecule has 18 heavy (non-hydrogen) atoms. The van der Waals surface area contributed by atoms with Crippen molar-refractivity contribution in [3.63, 3.8) is 0 Å². The molecule has 0 aliphatic carbocycles. The molecule has 0 saturated carbocycles. The summed E-state index contributed by atoms with van der Waals surface area (Å²) in [6.07, 6.45) is -0.590. The lowest BCUT2D eigenvalue weighted by Gasteiger charge is -2.20. The van der Waals surface area contributed by atoms with Crippen LogP contribution in [0.3, 0.4) is 0 Å². The topological polar surface area (TPSA) is 79.0 Å². The van der Waals surface area contributed by atoms with Crippen molar-refractivity contribution in [2.75, 3.05) is 33.4 Å². The number of hydrogen-bond donors (Lipinski definition) is 3. The first-order valence-electron chi connectivity index (χ1n) is 6.05. The predicted octanol–water partition coefficient (Wildman–Crippen LogP) is -0.191. The molecule has 5 heteroatoms. The molecule has 0 aliphatic rings. The number of benzene rings is 1. The molecule has 0 aliphatic heterocycles. The van der Waals surface area contributed by atoms with E-state index in [1.165, 1.54) is 0 Å². The van der Waals surface area contributed by atoms with Gasteiger partial charge in [-0.25, -0.2) is 0 Å². The summed E-state index contributed by atoms with van der Waals surface area (Å²) >= 11 is 0. The molecular formula is C13H22N2O3. The molecular weight excluding hydrogens is 232 g/mol. The number of para-hydroxylation sites is 1. The van der Waals surface area contributed by atoms with E-state index in [2.05, 4.69) is 0 Å². The Morgan fingerprint density at radius 1 is 1.39 bits per heavy atom. The molecule has 102 valence electrons. The van der Waals surface area contributed by atoms with Crippen LogP contribution in [0.4, 0.5) is 0 Å². The van der Waals surface area contributed by atoms with Gasteiger partial charge in [-0.15, -0.1) is 0 Å². The maximum absolute atomic E-state index is 9.79. The minimum absolute atomic E-state index is 0.0834. The number of ether oxygens (including phenoxy) is 1. The van der Waals surface area contributed by atoms with Gasteiger partial charge in [0.25, 0.3) is 0 Å². The minimum atomic E-state index is -0.590. The van der Waals surface area contributed by atoms with Gasteiger partial charge in [-0.3, -0.25) is 0 Å². The zero-order chi connectivity index (χ0) is 13.4. The fraction of sp³-hybridized carbons (Fsp3) is 0.538. The van der Waals surface area contributed by atoms with Crippen molar-refractivity contribution in [3.05, 3.63) is 29.8 Å². The average molecular weight is 254 g/mol. The Bertz CT molecular complexity index is 347. The Balaban J connectivity index is 2.39. The van der Waals surface area contributed by atoms with Crippen LogP contribution in [0, 0.1) is 0 Å². The lowest BCUT2D eigenvalue weighted by atomic mass is 10.2. The quantitative estimate of drug-likeness (QED) is 0.599. The van der Waals surface area contributed by atoms with Crippen LogP contribution >= 0.6 is 0 Å². The highest BCUT2D eigenvalue weighted by Crippen LogP contribution is 2.17. The summed E-state index contributed by atoms with van der Waals surface area (Å²) in [6.45, 7) is 1.71. The molecule has 0 saturated heterocycles. The van der Waals surface area contributed by atoms with Crippen molar-refractivity contribution in [3.8, 4) is 5.75 Å². The van der Waals surface area contributed by atoms with Crippen LogP contribution in [0.25, 0.3) is 0 Å². The first-order valence-corrected chi connectivity index (χ1v) is 6.05. The molecule has 0 bridgehead atoms. The number of nitrogens with two attached hydrogens (primary N) is 1. The smallest absolute Gasteiger partial charge is 0.123 e. The Hall–Kier alpha value is -1.14. The van der Waals surface area contributed by atoms with Crippen molar-refractivity contribution in [1.82, 2.24) is 4.90 Å². The third kappa shape index (κ3) is 5.01. The molecule has 1 atom stereocenters. The van der Waals surface area contributed by atoms with Gasteiger partial charge in [0, 0.05) is 25.2 Å². The van der Waals surface area contributed by atoms with E-state index >= 15 is 0 Å². The van der Waals surface area contributed by atoms with Crippen LogP contribution in [0.2, 0.25) is 0 Å². The number of aliphatic hydroxyl groups excluding tert-OH is 2. The van der Waals surface area contributed by atoms with E-state index in [9.17, 15) is 5.11 Å². The summed E-state index contributed by atoms with van der Waals surface area (Å²) in [4.78, 5) is 1.85. The van der Waals surface area contributed by atoms with E-state index < -0.39 is 6.10 Å². The predicted molar refractivity (Wildman–Crippen MR) is 70.4 cm³/mol. The molecule has 1 aromatic rings. The third-order valence-corrected chi connectivity index (χ3v) is 2.63. The van der Waals surface area contributed by atoms with E-state index in [0.717, 1.165) is 5.56 Å². The summed E-state index contributed by atoms with van der Waals surface area (Å²) in [6, 6.07) is 7.52. The molecule has 0 spiro atoms. The normalized spacial score (nSPS) is 12.7. The molecule has 1 rings (SSSR count). The van der Waals surface area contributed by atoms with Crippen molar-refractivity contribution in [2.45, 2.75) is 12.6 Å². The molecule has 1 unspecified atom stereocenters. The molecule has 0 aromatic heterocycles. The van der Waals surface area contributed by atoms with Gasteiger partial charge in [-0.05, 0) is 13.1 Å². The van der Waals surface area contributed by atoms with Crippen molar-refractivity contribution < 1.29 is 14.9 Å². The SMILES string of the molecule is CN(CCO)CC(O)COc1ccccc1CN. The highest BCUT2D eigenvalue weighted by atomic mass is 16.5. The molecule has 1 aromatic carbocycles. The summed E-state index contributed by atoms with van der Waals surface area (Å²) in [5.74, 6) is 0.712. The number of aliphatic hydroxyl groups is 2. The highest BCUT2D eigenvalue weighted by Gasteiger charge is 2.09. The Labute approximate surface area is 108 Å². The van der Waals surface area contributed by atoms with E-state index in [0.29, 0.717) is 25.4 Å². The second-order valence-corrected chi connectivity index (χ2v) is 4.26. The number of rotatable bonds is 8. The maximum Gasteiger partial charge on any atom is 0.123 e. The van der Waals surface area contributed by atoms with Crippen LogP contribution < -0.4 is 10.5 Å². The maximum atomic E-state index is 9.79. The van der Waals surface area contributed by atoms with E-state index in [-0.39, 0.29) is 13.2 Å². The van der Waals surface area contributed by atoms with Gasteiger partial charge in [-0.1, -0.05) is 18.2 Å². The van der Waals surface area contributed by atoms with Gasteiger partial charge in [0.05, 0.1) is 6.61 Å². The molecule has 5 nitrogen and oxygen atoms in total. The Morgan fingerprint density at radius 2 is 2.11 bits per heavy atom. The number of hydrogen-bond acceptors (Lipinski definition) is 5. The fourth-order valence-electron chi connectivity index (χ4n) is 1.67. The average Bonchev–Trinajstić information content (AvgIpc) is 2.37. The Kier molecular flexibility index (Phi) is 6.67. The lowest BCUT2D eigenvalue weighted by Crippen LogP contribution is -2.34. The van der Waals surface area contributed by atoms with Crippen LogP contribution in [0.1, 0.15) is 5.56 Å². The van der Waals surface area contributed by atoms with Gasteiger partial charge in [0.1, 0.15) is 18.5 Å². The van der Waals surface area contributed by atoms with E-state index in [1.54, 1.807) is 0 Å². The van der Waals surface area contributed by atoms with Gasteiger partial charge in [-0.2, -0.15) is 0 Å². The highest BCUT2D eigenvalue weighted by molar-refractivity contribution is 5.32. The van der Waals surface area contributed by atoms with Crippen molar-refractivity contribution in [2.24, 2.45) is 5.73 Å². The molecule has 4 N–H and O–H groups in total. The van der Waals surface area contributed by atoms with Gasteiger partial charge in [0.15, 0.2) is 0 Å². The Morgan fingerprint density at radius 3 is 2.78 bits per heavy atom. The zero-order valence-corrected chi connectivity index (χ0v) is 10.7. The molecule has 0 amide bonds. The third-order valence-electron chi connectivity index (χ3n) is 2.63. The van der Waals surface area contributed by atoms with E-state index in [4.69, 9.17) is 15.6 Å². The fourth-order valence-corrected chi connectivity index (χ4v) is 1.67. The molecule has 0 radical (unpaired) electrons. The van der Waals surface area contributed by atoms with Gasteiger partial charge in [0.2, 0.25) is 0 Å². The summed E-state index contributed by atoms with van der Waals surface area (Å²) in [7, 11) is 1.84. The summed E-state index contributed by atoms with van der Waals surface area (Å²) < 4.78 is 5.55. The van der Waals surface area contributed by atoms with Gasteiger partial charge >= 0.3 is 0 Å². The largest absolute Gasteiger partial charge is 0.491 e.